The quantitative estimate of drug-likeness (QED) is 0.498. The zero-order valence-corrected chi connectivity index (χ0v) is 17.7. The molecule has 30 heavy (non-hydrogen) atoms. The lowest BCUT2D eigenvalue weighted by molar-refractivity contribution is 0.0342. The monoisotopic (exact) mass is 423 g/mol. The first-order chi connectivity index (χ1) is 14.7. The predicted molar refractivity (Wildman–Crippen MR) is 116 cm³/mol. The van der Waals surface area contributed by atoms with Crippen molar-refractivity contribution in [1.82, 2.24) is 24.5 Å². The van der Waals surface area contributed by atoms with Crippen molar-refractivity contribution in [1.29, 1.82) is 0 Å². The van der Waals surface area contributed by atoms with Gasteiger partial charge in [0.15, 0.2) is 11.5 Å². The minimum atomic E-state index is 0.630. The van der Waals surface area contributed by atoms with E-state index in [9.17, 15) is 0 Å². The molecule has 0 N–H and O–H groups in total. The summed E-state index contributed by atoms with van der Waals surface area (Å²) in [5.74, 6) is 1.43. The molecule has 1 aliphatic heterocycles. The maximum absolute atomic E-state index is 6.49. The van der Waals surface area contributed by atoms with E-state index in [1.54, 1.807) is 7.11 Å². The van der Waals surface area contributed by atoms with Gasteiger partial charge in [0.25, 0.3) is 0 Å². The highest BCUT2D eigenvalue weighted by Crippen LogP contribution is 2.33. The van der Waals surface area contributed by atoms with E-state index in [0.29, 0.717) is 16.5 Å². The first-order valence-corrected chi connectivity index (χ1v) is 10.3. The summed E-state index contributed by atoms with van der Waals surface area (Å²) in [5.41, 5.74) is 5.15. The lowest BCUT2D eigenvalue weighted by atomic mass is 10.1. The summed E-state index contributed by atoms with van der Waals surface area (Å²) >= 11 is 6.49. The van der Waals surface area contributed by atoms with Crippen LogP contribution in [0.15, 0.2) is 36.4 Å². The fourth-order valence-electron chi connectivity index (χ4n) is 3.98. The van der Waals surface area contributed by atoms with E-state index in [2.05, 4.69) is 27.2 Å². The second kappa shape index (κ2) is 7.83. The molecule has 0 aliphatic carbocycles. The average Bonchev–Trinajstić information content (AvgIpc) is 3.21. The molecule has 0 atom stereocenters. The Morgan fingerprint density at radius 2 is 1.93 bits per heavy atom. The van der Waals surface area contributed by atoms with Crippen molar-refractivity contribution < 1.29 is 9.47 Å². The largest absolute Gasteiger partial charge is 0.494 e. The average molecular weight is 424 g/mol. The molecule has 0 spiro atoms. The number of nitrogens with zero attached hydrogens (tertiary/aromatic N) is 5. The third kappa shape index (κ3) is 3.29. The SMILES string of the molecule is COc1cc(CN2CCOCC2)cc2c1nc(C)c1nnc(-c3ccccc3Cl)n12. The van der Waals surface area contributed by atoms with Crippen molar-refractivity contribution in [2.45, 2.75) is 13.5 Å². The molecule has 0 bridgehead atoms. The molecule has 0 radical (unpaired) electrons. The number of hydrogen-bond donors (Lipinski definition) is 0. The maximum atomic E-state index is 6.49. The molecule has 154 valence electrons. The Morgan fingerprint density at radius 1 is 1.13 bits per heavy atom. The summed E-state index contributed by atoms with van der Waals surface area (Å²) in [7, 11) is 1.68. The number of ether oxygens (including phenoxy) is 2. The first-order valence-electron chi connectivity index (χ1n) is 9.93. The Hall–Kier alpha value is -2.74. The number of halogens is 1. The Labute approximate surface area is 179 Å². The molecule has 3 heterocycles. The molecular weight excluding hydrogens is 402 g/mol. The third-order valence-electron chi connectivity index (χ3n) is 5.47. The highest BCUT2D eigenvalue weighted by Gasteiger charge is 2.20. The first kappa shape index (κ1) is 19.2. The van der Waals surface area contributed by atoms with Crippen LogP contribution in [0, 0.1) is 6.92 Å². The number of benzene rings is 2. The van der Waals surface area contributed by atoms with Gasteiger partial charge in [-0.25, -0.2) is 4.98 Å². The maximum Gasteiger partial charge on any atom is 0.183 e. The van der Waals surface area contributed by atoms with Crippen molar-refractivity contribution in [3.05, 3.63) is 52.7 Å². The number of morpholine rings is 1. The molecule has 8 heteroatoms. The molecule has 0 unspecified atom stereocenters. The number of hydrogen-bond acceptors (Lipinski definition) is 6. The second-order valence-corrected chi connectivity index (χ2v) is 7.82. The van der Waals surface area contributed by atoms with Crippen LogP contribution in [0.3, 0.4) is 0 Å². The molecule has 4 aromatic rings. The van der Waals surface area contributed by atoms with Crippen LogP contribution in [0.2, 0.25) is 5.02 Å². The molecule has 0 saturated carbocycles. The molecule has 1 aliphatic rings. The van der Waals surface area contributed by atoms with Crippen molar-refractivity contribution in [2.75, 3.05) is 33.4 Å². The summed E-state index contributed by atoms with van der Waals surface area (Å²) in [6.07, 6.45) is 0. The lowest BCUT2D eigenvalue weighted by Gasteiger charge is -2.26. The van der Waals surface area contributed by atoms with E-state index in [1.165, 1.54) is 0 Å². The van der Waals surface area contributed by atoms with Gasteiger partial charge in [-0.3, -0.25) is 9.30 Å². The zero-order valence-electron chi connectivity index (χ0n) is 16.9. The van der Waals surface area contributed by atoms with Crippen LogP contribution in [-0.2, 0) is 11.3 Å². The predicted octanol–water partition coefficient (Wildman–Crippen LogP) is 3.75. The van der Waals surface area contributed by atoms with Crippen LogP contribution in [0.1, 0.15) is 11.3 Å². The Kier molecular flexibility index (Phi) is 5.02. The van der Waals surface area contributed by atoms with Crippen LogP contribution >= 0.6 is 11.6 Å². The number of aromatic nitrogens is 4. The summed E-state index contributed by atoms with van der Waals surface area (Å²) in [5, 5.41) is 9.50. The Balaban J connectivity index is 1.75. The van der Waals surface area contributed by atoms with Crippen LogP contribution < -0.4 is 4.74 Å². The van der Waals surface area contributed by atoms with E-state index in [0.717, 1.165) is 66.5 Å². The molecule has 0 amide bonds. The van der Waals surface area contributed by atoms with E-state index >= 15 is 0 Å². The number of fused-ring (bicyclic) bond motifs is 3. The van der Waals surface area contributed by atoms with Gasteiger partial charge in [0.1, 0.15) is 11.3 Å². The second-order valence-electron chi connectivity index (χ2n) is 7.41. The molecule has 5 rings (SSSR count). The van der Waals surface area contributed by atoms with Gasteiger partial charge in [-0.2, -0.15) is 0 Å². The fourth-order valence-corrected chi connectivity index (χ4v) is 4.20. The number of rotatable bonds is 4. The summed E-state index contributed by atoms with van der Waals surface area (Å²) in [6, 6.07) is 11.9. The Morgan fingerprint density at radius 3 is 2.70 bits per heavy atom. The van der Waals surface area contributed by atoms with Crippen molar-refractivity contribution >= 4 is 28.3 Å². The normalized spacial score (nSPS) is 15.2. The standard InChI is InChI=1S/C22H22ClN5O2/c1-14-21-25-26-22(16-5-3-4-6-17(16)23)28(21)18-11-15(12-19(29-2)20(18)24-14)13-27-7-9-30-10-8-27/h3-6,11-12H,7-10,13H2,1-2H3. The van der Waals surface area contributed by atoms with E-state index in [-0.39, 0.29) is 0 Å². The lowest BCUT2D eigenvalue weighted by Crippen LogP contribution is -2.35. The summed E-state index contributed by atoms with van der Waals surface area (Å²) < 4.78 is 13.2. The summed E-state index contributed by atoms with van der Waals surface area (Å²) in [6.45, 7) is 6.10. The highest BCUT2D eigenvalue weighted by molar-refractivity contribution is 6.33. The van der Waals surface area contributed by atoms with Crippen molar-refractivity contribution in [3.63, 3.8) is 0 Å². The van der Waals surface area contributed by atoms with Gasteiger partial charge in [-0.15, -0.1) is 10.2 Å². The molecular formula is C22H22ClN5O2. The smallest absolute Gasteiger partial charge is 0.183 e. The van der Waals surface area contributed by atoms with E-state index < -0.39 is 0 Å². The van der Waals surface area contributed by atoms with Gasteiger partial charge >= 0.3 is 0 Å². The van der Waals surface area contributed by atoms with E-state index in [4.69, 9.17) is 26.1 Å². The van der Waals surface area contributed by atoms with E-state index in [1.807, 2.05) is 35.6 Å². The van der Waals surface area contributed by atoms with Crippen LogP contribution in [0.25, 0.3) is 28.1 Å². The molecule has 2 aromatic carbocycles. The fraction of sp³-hybridized carbons (Fsp3) is 0.318. The van der Waals surface area contributed by atoms with Crippen molar-refractivity contribution in [3.8, 4) is 17.1 Å². The molecule has 7 nitrogen and oxygen atoms in total. The van der Waals surface area contributed by atoms with Gasteiger partial charge < -0.3 is 9.47 Å². The van der Waals surface area contributed by atoms with Crippen LogP contribution in [-0.4, -0.2) is 57.9 Å². The Bertz CT molecular complexity index is 1230. The number of methoxy groups -OCH3 is 1. The summed E-state index contributed by atoms with van der Waals surface area (Å²) in [4.78, 5) is 7.16. The minimum Gasteiger partial charge on any atom is -0.494 e. The van der Waals surface area contributed by atoms with Gasteiger partial charge in [0, 0.05) is 25.2 Å². The van der Waals surface area contributed by atoms with Gasteiger partial charge in [0.2, 0.25) is 0 Å². The van der Waals surface area contributed by atoms with Gasteiger partial charge in [-0.1, -0.05) is 23.7 Å². The zero-order chi connectivity index (χ0) is 20.7. The van der Waals surface area contributed by atoms with Crippen LogP contribution in [0.5, 0.6) is 5.75 Å². The third-order valence-corrected chi connectivity index (χ3v) is 5.80. The van der Waals surface area contributed by atoms with Gasteiger partial charge in [0.05, 0.1) is 36.6 Å². The molecule has 1 fully saturated rings. The topological polar surface area (TPSA) is 64.8 Å². The molecule has 1 saturated heterocycles. The van der Waals surface area contributed by atoms with Gasteiger partial charge in [-0.05, 0) is 36.8 Å². The highest BCUT2D eigenvalue weighted by atomic mass is 35.5. The number of aryl methyl sites for hydroxylation is 1. The molecule has 2 aromatic heterocycles. The minimum absolute atomic E-state index is 0.630. The van der Waals surface area contributed by atoms with Crippen molar-refractivity contribution in [2.24, 2.45) is 0 Å². The van der Waals surface area contributed by atoms with Crippen LogP contribution in [0.4, 0.5) is 0 Å².